The summed E-state index contributed by atoms with van der Waals surface area (Å²) in [6.45, 7) is 14.3. The van der Waals surface area contributed by atoms with E-state index in [1.807, 2.05) is 66.7 Å². The second-order valence-electron chi connectivity index (χ2n) is 18.8. The third-order valence-electron chi connectivity index (χ3n) is 11.6. The smallest absolute Gasteiger partial charge is 0.408 e. The fraction of sp³-hybridized carbons (Fsp3) is 0.545. The number of phenolic OH excluding ortho intramolecular Hbond substituents is 1. The molecular weight excluding hydrogens is 971 g/mol. The van der Waals surface area contributed by atoms with E-state index in [0.717, 1.165) is 29.5 Å². The fourth-order valence-corrected chi connectivity index (χ4v) is 7.01. The quantitative estimate of drug-likeness (QED) is 0.0174. The number of rotatable bonds is 36. The predicted molar refractivity (Wildman–Crippen MR) is 278 cm³/mol. The molecule has 0 saturated heterocycles. The molecule has 20 heteroatoms. The summed E-state index contributed by atoms with van der Waals surface area (Å²) in [6.07, 6.45) is 2.55. The number of carbonyl (C=O) groups excluding carboxylic acids is 8. The zero-order valence-electron chi connectivity index (χ0n) is 44.2. The van der Waals surface area contributed by atoms with Gasteiger partial charge in [0.25, 0.3) is 0 Å². The van der Waals surface area contributed by atoms with Gasteiger partial charge in [0.05, 0.1) is 58.5 Å². The van der Waals surface area contributed by atoms with Crippen LogP contribution in [0.15, 0.2) is 78.9 Å². The molecule has 3 aromatic rings. The van der Waals surface area contributed by atoms with Crippen LogP contribution in [-0.4, -0.2) is 125 Å². The Labute approximate surface area is 441 Å². The second-order valence-corrected chi connectivity index (χ2v) is 18.8. The monoisotopic (exact) mass is 1050 g/mol. The van der Waals surface area contributed by atoms with Crippen LogP contribution in [-0.2, 0) is 81.6 Å². The van der Waals surface area contributed by atoms with Gasteiger partial charge >= 0.3 is 18.2 Å². The summed E-state index contributed by atoms with van der Waals surface area (Å²) in [6, 6.07) is 22.6. The number of alkyl carbamates (subject to hydrolysis) is 1. The van der Waals surface area contributed by atoms with Crippen molar-refractivity contribution >= 4 is 47.5 Å². The average molecular weight is 1050 g/mol. The molecule has 0 spiro atoms. The number of hydrogen-bond donors (Lipinski definition) is 6. The van der Waals surface area contributed by atoms with Gasteiger partial charge in [-0.25, -0.2) is 4.79 Å². The summed E-state index contributed by atoms with van der Waals surface area (Å²) in [5.41, 5.74) is 3.07. The lowest BCUT2D eigenvalue weighted by atomic mass is 9.76. The Morgan fingerprint density at radius 2 is 1.12 bits per heavy atom. The van der Waals surface area contributed by atoms with E-state index in [-0.39, 0.29) is 133 Å². The van der Waals surface area contributed by atoms with Crippen LogP contribution < -0.4 is 26.6 Å². The number of nitrogens with one attached hydrogen (secondary N) is 5. The highest BCUT2D eigenvalue weighted by Crippen LogP contribution is 2.33. The molecule has 20 nitrogen and oxygen atoms in total. The summed E-state index contributed by atoms with van der Waals surface area (Å²) in [4.78, 5) is 91.0. The Bertz CT molecular complexity index is 2150. The van der Waals surface area contributed by atoms with Gasteiger partial charge in [0.1, 0.15) is 31.4 Å². The number of hydrogen-bond acceptors (Lipinski definition) is 15. The first-order valence-corrected chi connectivity index (χ1v) is 25.4. The van der Waals surface area contributed by atoms with Crippen LogP contribution in [0.4, 0.5) is 10.5 Å². The lowest BCUT2D eigenvalue weighted by molar-refractivity contribution is -0.191. The molecule has 0 bridgehead atoms. The highest BCUT2D eigenvalue weighted by Gasteiger charge is 2.24. The molecule has 3 rings (SSSR count). The van der Waals surface area contributed by atoms with Crippen LogP contribution in [0.1, 0.15) is 96.3 Å². The van der Waals surface area contributed by atoms with Crippen molar-refractivity contribution in [3.8, 4) is 5.75 Å². The van der Waals surface area contributed by atoms with Gasteiger partial charge in [-0.1, -0.05) is 101 Å². The van der Waals surface area contributed by atoms with Gasteiger partial charge in [0.2, 0.25) is 23.6 Å². The van der Waals surface area contributed by atoms with Gasteiger partial charge in [-0.2, -0.15) is 9.59 Å². The van der Waals surface area contributed by atoms with E-state index in [1.165, 1.54) is 0 Å². The molecular formula is C55H79N5O15. The van der Waals surface area contributed by atoms with E-state index in [4.69, 9.17) is 38.0 Å². The number of phenols is 1. The molecule has 3 atom stereocenters. The van der Waals surface area contributed by atoms with Crippen LogP contribution >= 0.6 is 0 Å². The van der Waals surface area contributed by atoms with Crippen molar-refractivity contribution in [3.63, 3.8) is 0 Å². The summed E-state index contributed by atoms with van der Waals surface area (Å²) in [5.74, 6) is -1.12. The molecule has 0 aliphatic carbocycles. The highest BCUT2D eigenvalue weighted by molar-refractivity contribution is 5.97. The minimum atomic E-state index is -0.969. The van der Waals surface area contributed by atoms with Gasteiger partial charge in [0.15, 0.2) is 0 Å². The topological polar surface area (TPSA) is 272 Å². The number of benzene rings is 3. The van der Waals surface area contributed by atoms with Crippen molar-refractivity contribution in [1.29, 1.82) is 0 Å². The van der Waals surface area contributed by atoms with Gasteiger partial charge in [-0.3, -0.25) is 24.0 Å². The molecule has 0 fully saturated rings. The van der Waals surface area contributed by atoms with E-state index in [9.17, 15) is 33.9 Å². The van der Waals surface area contributed by atoms with Crippen LogP contribution in [0.2, 0.25) is 0 Å². The predicted octanol–water partition coefficient (Wildman–Crippen LogP) is 5.79. The van der Waals surface area contributed by atoms with Gasteiger partial charge in [-0.05, 0) is 78.2 Å². The maximum absolute atomic E-state index is 13.6. The van der Waals surface area contributed by atoms with Crippen molar-refractivity contribution in [2.24, 2.45) is 17.3 Å². The fourth-order valence-electron chi connectivity index (χ4n) is 7.01. The molecule has 0 heterocycles. The Balaban J connectivity index is 0.00000626. The largest absolute Gasteiger partial charge is 0.506 e. The molecule has 414 valence electrons. The minimum Gasteiger partial charge on any atom is -0.506 e. The molecule has 0 saturated carbocycles. The standard InChI is InChI=1S/C54H79N5O13.CO2/c1-40(34-41(2)54(3,4)5)35-44-19-20-47(60)46(36-44)58-52(65)45(59-53(66)72-39-43-16-10-7-11-17-43)18-12-13-23-55-48(61)21-26-67-30-32-69-28-24-56-49(62)22-27-68-31-33-70-29-25-57-50(63)37-51(64)71-38-42-14-8-6-9-15-42;2-1-3/h6-11,14-17,19-20,36,40-41,45,60H,12-13,18,21-35,37-39H2,1-5H3,(H,55,61)(H,56,62)(H,57,63)(H,58,65)(H,59,66);/t40-,41?,45+;/m1./s1. The number of carbonyl (C=O) groups is 6. The summed E-state index contributed by atoms with van der Waals surface area (Å²) in [7, 11) is 0. The molecule has 0 radical (unpaired) electrons. The summed E-state index contributed by atoms with van der Waals surface area (Å²) in [5, 5.41) is 24.4. The van der Waals surface area contributed by atoms with E-state index < -0.39 is 29.9 Å². The SMILES string of the molecule is CC(C[C@@H](C)Cc1ccc(O)c(NC(=O)[C@H](CCCCNC(=O)CCOCCOCCNC(=O)CCOCCOCCNC(=O)CC(=O)OCc2ccccc2)NC(=O)OCc2ccccc2)c1)C(C)(C)C.O=C=O. The van der Waals surface area contributed by atoms with Crippen molar-refractivity contribution in [2.75, 3.05) is 77.8 Å². The van der Waals surface area contributed by atoms with Crippen LogP contribution in [0.3, 0.4) is 0 Å². The van der Waals surface area contributed by atoms with Crippen LogP contribution in [0.25, 0.3) is 0 Å². The zero-order valence-corrected chi connectivity index (χ0v) is 44.2. The van der Waals surface area contributed by atoms with Gasteiger partial charge < -0.3 is 60.1 Å². The Morgan fingerprint density at radius 1 is 0.613 bits per heavy atom. The molecule has 75 heavy (non-hydrogen) atoms. The average Bonchev–Trinajstić information content (AvgIpc) is 3.37. The maximum Gasteiger partial charge on any atom is 0.408 e. The van der Waals surface area contributed by atoms with E-state index in [2.05, 4.69) is 61.2 Å². The first-order chi connectivity index (χ1) is 36.0. The third kappa shape index (κ3) is 32.3. The van der Waals surface area contributed by atoms with Crippen LogP contribution in [0.5, 0.6) is 5.75 Å². The van der Waals surface area contributed by atoms with E-state index in [0.29, 0.717) is 37.8 Å². The first-order valence-electron chi connectivity index (χ1n) is 25.4. The number of aromatic hydroxyl groups is 1. The first kappa shape index (κ1) is 64.4. The Morgan fingerprint density at radius 3 is 1.67 bits per heavy atom. The van der Waals surface area contributed by atoms with Crippen molar-refractivity contribution in [3.05, 3.63) is 95.6 Å². The number of unbranched alkanes of at least 4 members (excludes halogenated alkanes) is 1. The highest BCUT2D eigenvalue weighted by atomic mass is 16.6. The maximum atomic E-state index is 13.6. The van der Waals surface area contributed by atoms with Gasteiger partial charge in [-0.15, -0.1) is 0 Å². The lowest BCUT2D eigenvalue weighted by Gasteiger charge is -2.29. The molecule has 6 N–H and O–H groups in total. The van der Waals surface area contributed by atoms with Crippen molar-refractivity contribution in [2.45, 2.75) is 105 Å². The zero-order chi connectivity index (χ0) is 55.1. The van der Waals surface area contributed by atoms with E-state index in [1.54, 1.807) is 12.1 Å². The summed E-state index contributed by atoms with van der Waals surface area (Å²) < 4.78 is 32.3. The number of ether oxygens (including phenoxy) is 6. The molecule has 1 unspecified atom stereocenters. The molecule has 3 aromatic carbocycles. The summed E-state index contributed by atoms with van der Waals surface area (Å²) >= 11 is 0. The van der Waals surface area contributed by atoms with Crippen molar-refractivity contribution < 1.29 is 71.9 Å². The normalized spacial score (nSPS) is 12.1. The van der Waals surface area contributed by atoms with Gasteiger partial charge in [0, 0.05) is 32.5 Å². The van der Waals surface area contributed by atoms with E-state index >= 15 is 0 Å². The molecule has 0 aliphatic rings. The number of amides is 5. The molecule has 0 aliphatic heterocycles. The molecule has 5 amide bonds. The minimum absolute atomic E-state index is 0.0325. The van der Waals surface area contributed by atoms with Crippen molar-refractivity contribution in [1.82, 2.24) is 21.3 Å². The second kappa shape index (κ2) is 38.8. The van der Waals surface area contributed by atoms with Crippen LogP contribution in [0, 0.1) is 17.3 Å². The third-order valence-corrected chi connectivity index (χ3v) is 11.6. The lowest BCUT2D eigenvalue weighted by Crippen LogP contribution is -2.44. The Kier molecular flexibility index (Phi) is 33.3. The number of anilines is 1. The Hall–Kier alpha value is -6.70. The number of esters is 1. The molecule has 0 aromatic heterocycles.